The minimum Gasteiger partial charge on any atom is -0.466 e. The zero-order valence-electron chi connectivity index (χ0n) is 9.93. The summed E-state index contributed by atoms with van der Waals surface area (Å²) in [6.07, 6.45) is 1.64. The molecule has 0 amide bonds. The second-order valence-corrected chi connectivity index (χ2v) is 3.64. The maximum atomic E-state index is 11.3. The van der Waals surface area contributed by atoms with Crippen molar-refractivity contribution >= 4 is 5.97 Å². The van der Waals surface area contributed by atoms with E-state index in [1.165, 1.54) is 0 Å². The summed E-state index contributed by atoms with van der Waals surface area (Å²) in [5, 5.41) is 10.8. The fourth-order valence-corrected chi connectivity index (χ4v) is 1.24. The maximum absolute atomic E-state index is 11.3. The smallest absolute Gasteiger partial charge is 0.309 e. The van der Waals surface area contributed by atoms with Crippen LogP contribution in [0.5, 0.6) is 0 Å². The Balaban J connectivity index is 2.25. The number of ether oxygens (including phenoxy) is 1. The Kier molecular flexibility index (Phi) is 4.91. The van der Waals surface area contributed by atoms with Crippen LogP contribution in [0.1, 0.15) is 19.7 Å². The van der Waals surface area contributed by atoms with Gasteiger partial charge in [-0.05, 0) is 6.92 Å². The van der Waals surface area contributed by atoms with Crippen molar-refractivity contribution in [2.75, 3.05) is 13.2 Å². The topological polar surface area (TPSA) is 69.0 Å². The highest BCUT2D eigenvalue weighted by atomic mass is 16.5. The second kappa shape index (κ2) is 6.22. The van der Waals surface area contributed by atoms with E-state index in [-0.39, 0.29) is 11.9 Å². The molecule has 0 bridgehead atoms. The van der Waals surface area contributed by atoms with Crippen LogP contribution in [0.15, 0.2) is 6.33 Å². The molecule has 0 aliphatic rings. The molecule has 1 N–H and O–H groups in total. The summed E-state index contributed by atoms with van der Waals surface area (Å²) in [6, 6.07) is 0. The quantitative estimate of drug-likeness (QED) is 0.697. The lowest BCUT2D eigenvalue weighted by atomic mass is 10.2. The Morgan fingerprint density at radius 3 is 3.00 bits per heavy atom. The molecule has 0 spiro atoms. The van der Waals surface area contributed by atoms with E-state index in [0.717, 1.165) is 5.82 Å². The van der Waals surface area contributed by atoms with Gasteiger partial charge in [0.2, 0.25) is 0 Å². The number of esters is 1. The number of carbonyl (C=O) groups is 1. The van der Waals surface area contributed by atoms with Crippen LogP contribution in [0.4, 0.5) is 0 Å². The molecule has 0 fully saturated rings. The van der Waals surface area contributed by atoms with Crippen molar-refractivity contribution in [3.63, 3.8) is 0 Å². The average Bonchev–Trinajstić information content (AvgIpc) is 2.65. The Morgan fingerprint density at radius 2 is 2.44 bits per heavy atom. The number of hydrogen-bond donors (Lipinski definition) is 1. The van der Waals surface area contributed by atoms with Crippen LogP contribution in [0.3, 0.4) is 0 Å². The third-order valence-corrected chi connectivity index (χ3v) is 2.23. The van der Waals surface area contributed by atoms with Gasteiger partial charge in [-0.2, -0.15) is 0 Å². The van der Waals surface area contributed by atoms with Crippen LogP contribution in [-0.4, -0.2) is 33.9 Å². The molecule has 1 heterocycles. The van der Waals surface area contributed by atoms with Crippen molar-refractivity contribution < 1.29 is 9.53 Å². The summed E-state index contributed by atoms with van der Waals surface area (Å²) >= 11 is 0. The molecule has 90 valence electrons. The molecular formula is C10H18N4O2. The van der Waals surface area contributed by atoms with Crippen molar-refractivity contribution in [2.45, 2.75) is 20.4 Å². The largest absolute Gasteiger partial charge is 0.466 e. The Bertz CT molecular complexity index is 337. The molecule has 1 unspecified atom stereocenters. The van der Waals surface area contributed by atoms with Gasteiger partial charge in [0.1, 0.15) is 12.2 Å². The molecule has 0 aliphatic heterocycles. The van der Waals surface area contributed by atoms with Crippen LogP contribution in [0.2, 0.25) is 0 Å². The van der Waals surface area contributed by atoms with Crippen LogP contribution >= 0.6 is 0 Å². The first-order valence-electron chi connectivity index (χ1n) is 5.35. The molecule has 0 radical (unpaired) electrons. The lowest BCUT2D eigenvalue weighted by Gasteiger charge is -2.10. The predicted octanol–water partition coefficient (Wildman–Crippen LogP) is 0.104. The Hall–Kier alpha value is -1.43. The summed E-state index contributed by atoms with van der Waals surface area (Å²) in [5.74, 6) is 0.525. The maximum Gasteiger partial charge on any atom is 0.309 e. The molecule has 1 aromatic heterocycles. The fourth-order valence-electron chi connectivity index (χ4n) is 1.24. The molecule has 16 heavy (non-hydrogen) atoms. The molecule has 0 saturated heterocycles. The number of aryl methyl sites for hydroxylation is 1. The van der Waals surface area contributed by atoms with Crippen molar-refractivity contribution in [1.29, 1.82) is 0 Å². The van der Waals surface area contributed by atoms with Gasteiger partial charge in [0.05, 0.1) is 19.1 Å². The van der Waals surface area contributed by atoms with Gasteiger partial charge in [0, 0.05) is 13.6 Å². The molecule has 1 aromatic rings. The fraction of sp³-hybridized carbons (Fsp3) is 0.700. The van der Waals surface area contributed by atoms with E-state index in [1.54, 1.807) is 13.3 Å². The zero-order chi connectivity index (χ0) is 12.0. The van der Waals surface area contributed by atoms with Crippen molar-refractivity contribution in [3.8, 4) is 0 Å². The average molecular weight is 226 g/mol. The number of carbonyl (C=O) groups excluding carboxylic acids is 1. The van der Waals surface area contributed by atoms with E-state index in [9.17, 15) is 4.79 Å². The predicted molar refractivity (Wildman–Crippen MR) is 58.5 cm³/mol. The monoisotopic (exact) mass is 226 g/mol. The van der Waals surface area contributed by atoms with Gasteiger partial charge in [-0.1, -0.05) is 6.92 Å². The van der Waals surface area contributed by atoms with Gasteiger partial charge in [-0.15, -0.1) is 10.2 Å². The van der Waals surface area contributed by atoms with Crippen LogP contribution < -0.4 is 5.32 Å². The molecule has 1 rings (SSSR count). The summed E-state index contributed by atoms with van der Waals surface area (Å²) in [6.45, 7) is 5.23. The zero-order valence-corrected chi connectivity index (χ0v) is 9.93. The first kappa shape index (κ1) is 12.6. The van der Waals surface area contributed by atoms with Crippen molar-refractivity contribution in [1.82, 2.24) is 20.1 Å². The molecule has 6 heteroatoms. The summed E-state index contributed by atoms with van der Waals surface area (Å²) in [7, 11) is 1.88. The SMILES string of the molecule is CCOC(=O)C(C)CNCc1nncn1C. The van der Waals surface area contributed by atoms with Crippen molar-refractivity contribution in [2.24, 2.45) is 13.0 Å². The normalized spacial score (nSPS) is 12.4. The summed E-state index contributed by atoms with van der Waals surface area (Å²) in [4.78, 5) is 11.3. The van der Waals surface area contributed by atoms with Crippen LogP contribution in [-0.2, 0) is 23.1 Å². The summed E-state index contributed by atoms with van der Waals surface area (Å²) in [5.41, 5.74) is 0. The van der Waals surface area contributed by atoms with Crippen LogP contribution in [0, 0.1) is 5.92 Å². The third kappa shape index (κ3) is 3.62. The van der Waals surface area contributed by atoms with Crippen molar-refractivity contribution in [3.05, 3.63) is 12.2 Å². The lowest BCUT2D eigenvalue weighted by Crippen LogP contribution is -2.28. The van der Waals surface area contributed by atoms with Gasteiger partial charge >= 0.3 is 5.97 Å². The number of nitrogens with one attached hydrogen (secondary N) is 1. The summed E-state index contributed by atoms with van der Waals surface area (Å²) < 4.78 is 6.74. The highest BCUT2D eigenvalue weighted by Gasteiger charge is 2.13. The molecule has 0 saturated carbocycles. The van der Waals surface area contributed by atoms with E-state index >= 15 is 0 Å². The van der Waals surface area contributed by atoms with Gasteiger partial charge in [0.15, 0.2) is 0 Å². The molecular weight excluding hydrogens is 208 g/mol. The van der Waals surface area contributed by atoms with Gasteiger partial charge < -0.3 is 14.6 Å². The van der Waals surface area contributed by atoms with Gasteiger partial charge in [0.25, 0.3) is 0 Å². The third-order valence-electron chi connectivity index (χ3n) is 2.23. The first-order chi connectivity index (χ1) is 7.65. The number of nitrogens with zero attached hydrogens (tertiary/aromatic N) is 3. The Labute approximate surface area is 95.0 Å². The van der Waals surface area contributed by atoms with Gasteiger partial charge in [-0.25, -0.2) is 0 Å². The number of rotatable bonds is 6. The van der Waals surface area contributed by atoms with E-state index in [1.807, 2.05) is 18.5 Å². The molecule has 6 nitrogen and oxygen atoms in total. The minimum absolute atomic E-state index is 0.145. The molecule has 0 aromatic carbocycles. The highest BCUT2D eigenvalue weighted by Crippen LogP contribution is 1.97. The standard InChI is InChI=1S/C10H18N4O2/c1-4-16-10(15)8(2)5-11-6-9-13-12-7-14(9)3/h7-8,11H,4-6H2,1-3H3. The van der Waals surface area contributed by atoms with E-state index in [2.05, 4.69) is 15.5 Å². The van der Waals surface area contributed by atoms with Gasteiger partial charge in [-0.3, -0.25) is 4.79 Å². The Morgan fingerprint density at radius 1 is 1.69 bits per heavy atom. The molecule has 1 atom stereocenters. The minimum atomic E-state index is -0.173. The van der Waals surface area contributed by atoms with Crippen LogP contribution in [0.25, 0.3) is 0 Å². The number of aromatic nitrogens is 3. The number of hydrogen-bond acceptors (Lipinski definition) is 5. The van der Waals surface area contributed by atoms with E-state index < -0.39 is 0 Å². The lowest BCUT2D eigenvalue weighted by molar-refractivity contribution is -0.147. The van der Waals surface area contributed by atoms with E-state index in [4.69, 9.17) is 4.74 Å². The molecule has 0 aliphatic carbocycles. The highest BCUT2D eigenvalue weighted by molar-refractivity contribution is 5.72. The second-order valence-electron chi connectivity index (χ2n) is 3.64. The first-order valence-corrected chi connectivity index (χ1v) is 5.35. The van der Waals surface area contributed by atoms with E-state index in [0.29, 0.717) is 19.7 Å².